The lowest BCUT2D eigenvalue weighted by Gasteiger charge is -2.31. The molecule has 1 aliphatic rings. The number of aliphatic hydroxyl groups excluding tert-OH is 1. The van der Waals surface area contributed by atoms with Gasteiger partial charge in [-0.1, -0.05) is 0 Å². The molecule has 1 amide bonds. The van der Waals surface area contributed by atoms with Gasteiger partial charge in [-0.25, -0.2) is 8.78 Å². The van der Waals surface area contributed by atoms with Crippen molar-refractivity contribution in [2.75, 3.05) is 19.7 Å². The smallest absolute Gasteiger partial charge is 0.253 e. The van der Waals surface area contributed by atoms with Crippen LogP contribution in [0.15, 0.2) is 42.5 Å². The minimum Gasteiger partial charge on any atom is -0.457 e. The summed E-state index contributed by atoms with van der Waals surface area (Å²) in [5.74, 6) is -1.08. The number of likely N-dealkylation sites (tertiary alicyclic amines) is 1. The van der Waals surface area contributed by atoms with Crippen molar-refractivity contribution in [2.45, 2.75) is 12.8 Å². The number of nitrogens with zero attached hydrogens (tertiary/aromatic N) is 1. The predicted molar refractivity (Wildman–Crippen MR) is 88.6 cm³/mol. The number of aliphatic hydroxyl groups is 1. The maximum Gasteiger partial charge on any atom is 0.253 e. The van der Waals surface area contributed by atoms with Crippen LogP contribution >= 0.6 is 0 Å². The molecule has 1 aliphatic heterocycles. The third-order valence-corrected chi connectivity index (χ3v) is 4.39. The van der Waals surface area contributed by atoms with Crippen molar-refractivity contribution < 1.29 is 23.4 Å². The summed E-state index contributed by atoms with van der Waals surface area (Å²) in [6.45, 7) is 1.44. The molecule has 1 N–H and O–H groups in total. The number of ether oxygens (including phenoxy) is 1. The van der Waals surface area contributed by atoms with Crippen molar-refractivity contribution >= 4 is 5.91 Å². The largest absolute Gasteiger partial charge is 0.457 e. The van der Waals surface area contributed by atoms with E-state index in [1.807, 2.05) is 0 Å². The Morgan fingerprint density at radius 1 is 1.04 bits per heavy atom. The first-order valence-corrected chi connectivity index (χ1v) is 8.20. The summed E-state index contributed by atoms with van der Waals surface area (Å²) in [5, 5.41) is 9.16. The van der Waals surface area contributed by atoms with Gasteiger partial charge < -0.3 is 14.7 Å². The number of hydrogen-bond acceptors (Lipinski definition) is 3. The third-order valence-electron chi connectivity index (χ3n) is 4.39. The molecule has 3 rings (SSSR count). The predicted octanol–water partition coefficient (Wildman–Crippen LogP) is 3.60. The molecule has 1 saturated heterocycles. The van der Waals surface area contributed by atoms with E-state index in [-0.39, 0.29) is 24.2 Å². The van der Waals surface area contributed by atoms with E-state index in [0.717, 1.165) is 25.0 Å². The number of halogens is 2. The number of hydrogen-bond donors (Lipinski definition) is 1. The van der Waals surface area contributed by atoms with Crippen LogP contribution in [0.25, 0.3) is 0 Å². The molecule has 0 atom stereocenters. The quantitative estimate of drug-likeness (QED) is 0.919. The molecule has 2 aromatic carbocycles. The molecule has 0 unspecified atom stereocenters. The fourth-order valence-electron chi connectivity index (χ4n) is 2.84. The molecule has 2 aromatic rings. The number of piperidine rings is 1. The maximum atomic E-state index is 13.2. The SMILES string of the molecule is O=C(c1ccc(Oc2ccc(F)c(F)c2)cc1)N1CCC(CO)CC1. The topological polar surface area (TPSA) is 49.8 Å². The fourth-order valence-corrected chi connectivity index (χ4v) is 2.84. The second-order valence-corrected chi connectivity index (χ2v) is 6.12. The molecule has 6 heteroatoms. The van der Waals surface area contributed by atoms with Gasteiger partial charge in [0.05, 0.1) is 0 Å². The van der Waals surface area contributed by atoms with Gasteiger partial charge in [-0.3, -0.25) is 4.79 Å². The average Bonchev–Trinajstić information content (AvgIpc) is 2.65. The van der Waals surface area contributed by atoms with Gasteiger partial charge in [-0.15, -0.1) is 0 Å². The summed E-state index contributed by atoms with van der Waals surface area (Å²) in [5.41, 5.74) is 0.542. The minimum absolute atomic E-state index is 0.0595. The van der Waals surface area contributed by atoms with Crippen LogP contribution in [0.4, 0.5) is 8.78 Å². The van der Waals surface area contributed by atoms with Gasteiger partial charge in [0.1, 0.15) is 11.5 Å². The summed E-state index contributed by atoms with van der Waals surface area (Å²) in [6.07, 6.45) is 1.61. The van der Waals surface area contributed by atoms with Crippen LogP contribution in [0.2, 0.25) is 0 Å². The van der Waals surface area contributed by atoms with Gasteiger partial charge >= 0.3 is 0 Å². The first-order valence-electron chi connectivity index (χ1n) is 8.20. The van der Waals surface area contributed by atoms with Crippen molar-refractivity contribution in [2.24, 2.45) is 5.92 Å². The molecule has 0 radical (unpaired) electrons. The van der Waals surface area contributed by atoms with Crippen molar-refractivity contribution in [3.05, 3.63) is 59.7 Å². The molecule has 4 nitrogen and oxygen atoms in total. The van der Waals surface area contributed by atoms with Crippen molar-refractivity contribution in [3.8, 4) is 11.5 Å². The Bertz CT molecular complexity index is 741. The first kappa shape index (κ1) is 17.4. The van der Waals surface area contributed by atoms with E-state index in [9.17, 15) is 13.6 Å². The van der Waals surface area contributed by atoms with E-state index in [1.165, 1.54) is 6.07 Å². The molecule has 132 valence electrons. The Labute approximate surface area is 144 Å². The standard InChI is InChI=1S/C19H19F2NO3/c20-17-6-5-16(11-18(17)21)25-15-3-1-14(2-4-15)19(24)22-9-7-13(12-23)8-10-22/h1-6,11,13,23H,7-10,12H2. The Morgan fingerprint density at radius 2 is 1.68 bits per heavy atom. The lowest BCUT2D eigenvalue weighted by Crippen LogP contribution is -2.39. The van der Waals surface area contributed by atoms with E-state index in [4.69, 9.17) is 9.84 Å². The molecule has 1 fully saturated rings. The van der Waals surface area contributed by atoms with Gasteiger partial charge in [0.2, 0.25) is 0 Å². The number of carbonyl (C=O) groups excluding carboxylic acids is 1. The lowest BCUT2D eigenvalue weighted by atomic mass is 9.97. The zero-order valence-corrected chi connectivity index (χ0v) is 13.6. The molecule has 0 aliphatic carbocycles. The summed E-state index contributed by atoms with van der Waals surface area (Å²) >= 11 is 0. The zero-order chi connectivity index (χ0) is 17.8. The van der Waals surface area contributed by atoms with E-state index in [0.29, 0.717) is 24.4 Å². The number of carbonyl (C=O) groups is 1. The highest BCUT2D eigenvalue weighted by molar-refractivity contribution is 5.94. The summed E-state index contributed by atoms with van der Waals surface area (Å²) in [6, 6.07) is 9.84. The van der Waals surface area contributed by atoms with Crippen LogP contribution in [0.5, 0.6) is 11.5 Å². The molecule has 1 heterocycles. The highest BCUT2D eigenvalue weighted by Crippen LogP contribution is 2.24. The number of benzene rings is 2. The molecule has 25 heavy (non-hydrogen) atoms. The van der Waals surface area contributed by atoms with Crippen molar-refractivity contribution in [3.63, 3.8) is 0 Å². The van der Waals surface area contributed by atoms with Gasteiger partial charge in [-0.2, -0.15) is 0 Å². The van der Waals surface area contributed by atoms with Crippen LogP contribution in [0.1, 0.15) is 23.2 Å². The van der Waals surface area contributed by atoms with Crippen LogP contribution < -0.4 is 4.74 Å². The van der Waals surface area contributed by atoms with Crippen molar-refractivity contribution in [1.29, 1.82) is 0 Å². The number of amides is 1. The van der Waals surface area contributed by atoms with Gasteiger partial charge in [-0.05, 0) is 55.2 Å². The maximum absolute atomic E-state index is 13.2. The van der Waals surface area contributed by atoms with Crippen LogP contribution in [0, 0.1) is 17.6 Å². The van der Waals surface area contributed by atoms with Crippen LogP contribution in [-0.4, -0.2) is 35.6 Å². The van der Waals surface area contributed by atoms with E-state index >= 15 is 0 Å². The Kier molecular flexibility index (Phi) is 5.28. The van der Waals surface area contributed by atoms with E-state index in [1.54, 1.807) is 29.2 Å². The highest BCUT2D eigenvalue weighted by Gasteiger charge is 2.23. The Hall–Kier alpha value is -2.47. The molecular weight excluding hydrogens is 328 g/mol. The third kappa shape index (κ3) is 4.14. The summed E-state index contributed by atoms with van der Waals surface area (Å²) in [4.78, 5) is 14.3. The highest BCUT2D eigenvalue weighted by atomic mass is 19.2. The van der Waals surface area contributed by atoms with E-state index in [2.05, 4.69) is 0 Å². The van der Waals surface area contributed by atoms with Crippen molar-refractivity contribution in [1.82, 2.24) is 4.90 Å². The second-order valence-electron chi connectivity index (χ2n) is 6.12. The zero-order valence-electron chi connectivity index (χ0n) is 13.6. The normalized spacial score (nSPS) is 15.2. The van der Waals surface area contributed by atoms with Crippen LogP contribution in [0.3, 0.4) is 0 Å². The fraction of sp³-hybridized carbons (Fsp3) is 0.316. The number of rotatable bonds is 4. The van der Waals surface area contributed by atoms with Gasteiger partial charge in [0, 0.05) is 31.3 Å². The summed E-state index contributed by atoms with van der Waals surface area (Å²) < 4.78 is 31.6. The lowest BCUT2D eigenvalue weighted by molar-refractivity contribution is 0.0651. The molecule has 0 bridgehead atoms. The monoisotopic (exact) mass is 347 g/mol. The minimum atomic E-state index is -0.976. The van der Waals surface area contributed by atoms with Crippen LogP contribution in [-0.2, 0) is 0 Å². The summed E-state index contributed by atoms with van der Waals surface area (Å²) in [7, 11) is 0. The second kappa shape index (κ2) is 7.61. The molecule has 0 saturated carbocycles. The Morgan fingerprint density at radius 3 is 2.28 bits per heavy atom. The average molecular weight is 347 g/mol. The first-order chi connectivity index (χ1) is 12.1. The molecular formula is C19H19F2NO3. The Balaban J connectivity index is 1.63. The van der Waals surface area contributed by atoms with E-state index < -0.39 is 11.6 Å². The van der Waals surface area contributed by atoms with Gasteiger partial charge in [0.25, 0.3) is 5.91 Å². The van der Waals surface area contributed by atoms with Gasteiger partial charge in [0.15, 0.2) is 11.6 Å². The molecule has 0 spiro atoms. The molecule has 0 aromatic heterocycles.